The summed E-state index contributed by atoms with van der Waals surface area (Å²) in [6.07, 6.45) is 5.54. The highest BCUT2D eigenvalue weighted by atomic mass is 35.5. The molecular formula is C25H26ClN3O4. The molecule has 1 aliphatic carbocycles. The smallest absolute Gasteiger partial charge is 0.335 e. The molecule has 0 radical (unpaired) electrons. The SMILES string of the molecule is CC(=O)Nc1cccc(-c2[nH]c3cc(C(=O)O)ccc3c2C2CCCCC2)c1NC(=O)CCl. The van der Waals surface area contributed by atoms with Gasteiger partial charge in [-0.2, -0.15) is 0 Å². The highest BCUT2D eigenvalue weighted by Crippen LogP contribution is 2.45. The van der Waals surface area contributed by atoms with E-state index in [4.69, 9.17) is 11.6 Å². The van der Waals surface area contributed by atoms with Gasteiger partial charge in [-0.05, 0) is 42.5 Å². The minimum Gasteiger partial charge on any atom is -0.478 e. The number of anilines is 2. The van der Waals surface area contributed by atoms with Crippen molar-refractivity contribution in [2.24, 2.45) is 0 Å². The minimum absolute atomic E-state index is 0.202. The number of nitrogens with one attached hydrogen (secondary N) is 3. The van der Waals surface area contributed by atoms with Gasteiger partial charge in [0.25, 0.3) is 0 Å². The van der Waals surface area contributed by atoms with Crippen molar-refractivity contribution < 1.29 is 19.5 Å². The van der Waals surface area contributed by atoms with Crippen LogP contribution in [0.5, 0.6) is 0 Å². The van der Waals surface area contributed by atoms with Crippen molar-refractivity contribution in [3.8, 4) is 11.3 Å². The largest absolute Gasteiger partial charge is 0.478 e. The average molecular weight is 468 g/mol. The third kappa shape index (κ3) is 4.73. The first-order chi connectivity index (χ1) is 15.9. The molecule has 2 aromatic carbocycles. The minimum atomic E-state index is -0.991. The quantitative estimate of drug-likeness (QED) is 0.347. The number of fused-ring (bicyclic) bond motifs is 1. The number of aromatic nitrogens is 1. The van der Waals surface area contributed by atoms with E-state index in [9.17, 15) is 19.5 Å². The lowest BCUT2D eigenvalue weighted by atomic mass is 9.81. The predicted molar refractivity (Wildman–Crippen MR) is 130 cm³/mol. The molecule has 1 saturated carbocycles. The zero-order valence-corrected chi connectivity index (χ0v) is 19.1. The van der Waals surface area contributed by atoms with Crippen LogP contribution in [0.1, 0.15) is 60.9 Å². The molecule has 0 bridgehead atoms. The number of carboxylic acid groups (broad SMARTS) is 1. The van der Waals surface area contributed by atoms with Crippen molar-refractivity contribution in [2.45, 2.75) is 44.9 Å². The molecule has 1 fully saturated rings. The van der Waals surface area contributed by atoms with Crippen LogP contribution in [-0.2, 0) is 9.59 Å². The third-order valence-corrected chi connectivity index (χ3v) is 6.37. The molecule has 1 aliphatic rings. The Morgan fingerprint density at radius 2 is 1.85 bits per heavy atom. The second-order valence-corrected chi connectivity index (χ2v) is 8.67. The average Bonchev–Trinajstić information content (AvgIpc) is 3.18. The van der Waals surface area contributed by atoms with E-state index >= 15 is 0 Å². The molecule has 1 aromatic heterocycles. The number of halogens is 1. The Balaban J connectivity index is 1.97. The van der Waals surface area contributed by atoms with E-state index in [-0.39, 0.29) is 23.3 Å². The second-order valence-electron chi connectivity index (χ2n) is 8.41. The number of aromatic carboxylic acids is 1. The summed E-state index contributed by atoms with van der Waals surface area (Å²) in [4.78, 5) is 39.0. The number of amides is 2. The molecule has 8 heteroatoms. The molecule has 0 aliphatic heterocycles. The van der Waals surface area contributed by atoms with E-state index in [2.05, 4.69) is 15.6 Å². The third-order valence-electron chi connectivity index (χ3n) is 6.13. The number of carboxylic acids is 1. The summed E-state index contributed by atoms with van der Waals surface area (Å²) in [5.74, 6) is -1.56. The second kappa shape index (κ2) is 9.67. The van der Waals surface area contributed by atoms with Gasteiger partial charge >= 0.3 is 5.97 Å². The molecular weight excluding hydrogens is 442 g/mol. The molecule has 7 nitrogen and oxygen atoms in total. The normalized spacial score (nSPS) is 14.2. The molecule has 172 valence electrons. The number of carbonyl (C=O) groups excluding carboxylic acids is 2. The first kappa shape index (κ1) is 22.9. The van der Waals surface area contributed by atoms with Crippen LogP contribution in [0.4, 0.5) is 11.4 Å². The van der Waals surface area contributed by atoms with Crippen LogP contribution in [0.3, 0.4) is 0 Å². The molecule has 4 N–H and O–H groups in total. The maximum Gasteiger partial charge on any atom is 0.335 e. The topological polar surface area (TPSA) is 111 Å². The van der Waals surface area contributed by atoms with Crippen LogP contribution in [0.25, 0.3) is 22.2 Å². The number of hydrogen-bond donors (Lipinski definition) is 4. The fraction of sp³-hybridized carbons (Fsp3) is 0.320. The van der Waals surface area contributed by atoms with Crippen LogP contribution >= 0.6 is 11.6 Å². The van der Waals surface area contributed by atoms with Crippen molar-refractivity contribution in [3.63, 3.8) is 0 Å². The summed E-state index contributed by atoms with van der Waals surface area (Å²) in [6.45, 7) is 1.41. The lowest BCUT2D eigenvalue weighted by Crippen LogP contribution is -2.17. The number of benzene rings is 2. The van der Waals surface area contributed by atoms with Gasteiger partial charge in [-0.25, -0.2) is 4.79 Å². The molecule has 1 heterocycles. The fourth-order valence-corrected chi connectivity index (χ4v) is 4.81. The Kier molecular flexibility index (Phi) is 6.70. The number of carbonyl (C=O) groups is 3. The van der Waals surface area contributed by atoms with Crippen molar-refractivity contribution >= 4 is 51.7 Å². The van der Waals surface area contributed by atoms with Gasteiger partial charge < -0.3 is 20.7 Å². The van der Waals surface area contributed by atoms with Gasteiger partial charge in [0.2, 0.25) is 11.8 Å². The lowest BCUT2D eigenvalue weighted by molar-refractivity contribution is -0.115. The van der Waals surface area contributed by atoms with E-state index in [0.29, 0.717) is 22.9 Å². The summed E-state index contributed by atoms with van der Waals surface area (Å²) in [5, 5.41) is 16.1. The molecule has 4 rings (SSSR count). The maximum atomic E-state index is 12.2. The van der Waals surface area contributed by atoms with Crippen LogP contribution in [0.15, 0.2) is 36.4 Å². The molecule has 0 atom stereocenters. The van der Waals surface area contributed by atoms with Crippen molar-refractivity contribution in [2.75, 3.05) is 16.5 Å². The standard InChI is InChI=1S/C25H26ClN3O4/c1-14(30)27-19-9-5-8-18(23(19)29-21(31)13-26)24-22(15-6-3-2-4-7-15)17-11-10-16(25(32)33)12-20(17)28-24/h5,8-12,15,28H,2-4,6-7,13H2,1H3,(H,27,30)(H,29,31)(H,32,33). The summed E-state index contributed by atoms with van der Waals surface area (Å²) < 4.78 is 0. The van der Waals surface area contributed by atoms with Crippen molar-refractivity contribution in [1.29, 1.82) is 0 Å². The van der Waals surface area contributed by atoms with Gasteiger partial charge in [0.15, 0.2) is 0 Å². The zero-order valence-electron chi connectivity index (χ0n) is 18.3. The number of rotatable bonds is 6. The number of para-hydroxylation sites is 1. The predicted octanol–water partition coefficient (Wildman–Crippen LogP) is 5.72. The Hall–Kier alpha value is -3.32. The number of hydrogen-bond acceptors (Lipinski definition) is 3. The number of aromatic amines is 1. The molecule has 2 amide bonds. The van der Waals surface area contributed by atoms with Crippen LogP contribution in [-0.4, -0.2) is 33.8 Å². The number of alkyl halides is 1. The molecule has 33 heavy (non-hydrogen) atoms. The van der Waals surface area contributed by atoms with Gasteiger partial charge in [0.1, 0.15) is 5.88 Å². The Morgan fingerprint density at radius 1 is 1.09 bits per heavy atom. The summed E-state index contributed by atoms with van der Waals surface area (Å²) in [6, 6.07) is 10.5. The van der Waals surface area contributed by atoms with E-state index in [1.807, 2.05) is 18.2 Å². The van der Waals surface area contributed by atoms with Crippen LogP contribution in [0.2, 0.25) is 0 Å². The van der Waals surface area contributed by atoms with E-state index < -0.39 is 5.97 Å². The lowest BCUT2D eigenvalue weighted by Gasteiger charge is -2.24. The van der Waals surface area contributed by atoms with Gasteiger partial charge in [-0.15, -0.1) is 11.6 Å². The first-order valence-corrected chi connectivity index (χ1v) is 11.6. The molecule has 0 saturated heterocycles. The molecule has 0 spiro atoms. The van der Waals surface area contributed by atoms with E-state index in [0.717, 1.165) is 47.8 Å². The van der Waals surface area contributed by atoms with E-state index in [1.165, 1.54) is 13.3 Å². The van der Waals surface area contributed by atoms with Gasteiger partial charge in [0.05, 0.1) is 22.6 Å². The van der Waals surface area contributed by atoms with Crippen LogP contribution in [0, 0.1) is 0 Å². The zero-order chi connectivity index (χ0) is 23.5. The Bertz CT molecular complexity index is 1230. The maximum absolute atomic E-state index is 12.2. The van der Waals surface area contributed by atoms with E-state index in [1.54, 1.807) is 18.2 Å². The van der Waals surface area contributed by atoms with Crippen LogP contribution < -0.4 is 10.6 Å². The summed E-state index contributed by atoms with van der Waals surface area (Å²) >= 11 is 5.76. The van der Waals surface area contributed by atoms with Gasteiger partial charge in [-0.3, -0.25) is 9.59 Å². The van der Waals surface area contributed by atoms with Crippen molar-refractivity contribution in [1.82, 2.24) is 4.98 Å². The first-order valence-electron chi connectivity index (χ1n) is 11.0. The number of H-pyrrole nitrogens is 1. The summed E-state index contributed by atoms with van der Waals surface area (Å²) in [7, 11) is 0. The van der Waals surface area contributed by atoms with Crippen molar-refractivity contribution in [3.05, 3.63) is 47.5 Å². The van der Waals surface area contributed by atoms with Gasteiger partial charge in [-0.1, -0.05) is 37.5 Å². The molecule has 3 aromatic rings. The monoisotopic (exact) mass is 467 g/mol. The Morgan fingerprint density at radius 3 is 2.52 bits per heavy atom. The van der Waals surface area contributed by atoms with Gasteiger partial charge in [0, 0.05) is 23.4 Å². The highest BCUT2D eigenvalue weighted by molar-refractivity contribution is 6.29. The molecule has 0 unspecified atom stereocenters. The summed E-state index contributed by atoms with van der Waals surface area (Å²) in [5.41, 5.74) is 4.50. The highest BCUT2D eigenvalue weighted by Gasteiger charge is 2.26. The Labute approximate surface area is 196 Å². The fourth-order valence-electron chi connectivity index (χ4n) is 4.74.